The molecular weight excluding hydrogens is 244 g/mol. The van der Waals surface area contributed by atoms with Crippen molar-refractivity contribution in [2.24, 2.45) is 0 Å². The minimum atomic E-state index is 0.0483. The van der Waals surface area contributed by atoms with E-state index in [1.54, 1.807) is 18.4 Å². The Balaban J connectivity index is 2.18. The molecule has 0 spiro atoms. The first kappa shape index (κ1) is 14.0. The molecule has 18 heavy (non-hydrogen) atoms. The molecule has 3 nitrogen and oxygen atoms in total. The third-order valence-electron chi connectivity index (χ3n) is 3.57. The summed E-state index contributed by atoms with van der Waals surface area (Å²) in [6, 6.07) is 0.467. The molecule has 1 heterocycles. The molecule has 1 aliphatic rings. The Morgan fingerprint density at radius 1 is 1.39 bits per heavy atom. The summed E-state index contributed by atoms with van der Waals surface area (Å²) in [5.41, 5.74) is 1.26. The van der Waals surface area contributed by atoms with Crippen LogP contribution in [0.2, 0.25) is 0 Å². The maximum absolute atomic E-state index is 5.44. The van der Waals surface area contributed by atoms with Crippen LogP contribution < -0.4 is 5.32 Å². The lowest BCUT2D eigenvalue weighted by Crippen LogP contribution is -2.57. The van der Waals surface area contributed by atoms with E-state index in [0.717, 1.165) is 12.8 Å². The molecule has 1 aliphatic carbocycles. The van der Waals surface area contributed by atoms with E-state index in [1.165, 1.54) is 10.7 Å². The molecule has 1 aromatic heterocycles. The molecule has 0 radical (unpaired) electrons. The summed E-state index contributed by atoms with van der Waals surface area (Å²) >= 11 is 1.79. The first-order valence-corrected chi connectivity index (χ1v) is 7.61. The highest BCUT2D eigenvalue weighted by Crippen LogP contribution is 2.44. The van der Waals surface area contributed by atoms with E-state index in [4.69, 9.17) is 9.72 Å². The van der Waals surface area contributed by atoms with Gasteiger partial charge in [-0.15, -0.1) is 11.3 Å². The standard InChI is InChI=1S/C14H24N2OS/c1-9(2)12-8-18-13(15-12)14(16-10(3)4)6-11(7-14)17-5/h8-11,16H,6-7H2,1-5H3. The van der Waals surface area contributed by atoms with Crippen LogP contribution in [0.5, 0.6) is 0 Å². The minimum absolute atomic E-state index is 0.0483. The zero-order chi connectivity index (χ0) is 13.3. The van der Waals surface area contributed by atoms with Crippen LogP contribution in [-0.4, -0.2) is 24.2 Å². The number of hydrogen-bond donors (Lipinski definition) is 1. The van der Waals surface area contributed by atoms with Gasteiger partial charge in [-0.1, -0.05) is 13.8 Å². The van der Waals surface area contributed by atoms with Gasteiger partial charge in [0.1, 0.15) is 5.01 Å². The highest BCUT2D eigenvalue weighted by atomic mass is 32.1. The molecule has 2 rings (SSSR count). The molecule has 1 aromatic rings. The van der Waals surface area contributed by atoms with Gasteiger partial charge < -0.3 is 10.1 Å². The summed E-state index contributed by atoms with van der Waals surface area (Å²) in [4.78, 5) is 4.83. The summed E-state index contributed by atoms with van der Waals surface area (Å²) < 4.78 is 5.44. The van der Waals surface area contributed by atoms with Crippen LogP contribution >= 0.6 is 11.3 Å². The number of nitrogens with zero attached hydrogens (tertiary/aromatic N) is 1. The van der Waals surface area contributed by atoms with Gasteiger partial charge in [0.2, 0.25) is 0 Å². The van der Waals surface area contributed by atoms with Gasteiger partial charge in [0.15, 0.2) is 0 Å². The second-order valence-electron chi connectivity index (χ2n) is 5.88. The van der Waals surface area contributed by atoms with E-state index in [1.807, 2.05) is 0 Å². The van der Waals surface area contributed by atoms with Gasteiger partial charge in [0.25, 0.3) is 0 Å². The molecule has 4 heteroatoms. The Labute approximate surface area is 114 Å². The molecule has 1 N–H and O–H groups in total. The largest absolute Gasteiger partial charge is 0.381 e. The first-order valence-electron chi connectivity index (χ1n) is 6.73. The summed E-state index contributed by atoms with van der Waals surface area (Å²) in [6.07, 6.45) is 2.45. The van der Waals surface area contributed by atoms with Crippen molar-refractivity contribution < 1.29 is 4.74 Å². The monoisotopic (exact) mass is 268 g/mol. The quantitative estimate of drug-likeness (QED) is 0.890. The van der Waals surface area contributed by atoms with Crippen molar-refractivity contribution in [2.45, 2.75) is 64.1 Å². The van der Waals surface area contributed by atoms with Gasteiger partial charge in [-0.25, -0.2) is 4.98 Å². The number of hydrogen-bond acceptors (Lipinski definition) is 4. The van der Waals surface area contributed by atoms with Gasteiger partial charge in [-0.3, -0.25) is 0 Å². The van der Waals surface area contributed by atoms with Crippen molar-refractivity contribution in [3.05, 3.63) is 16.1 Å². The lowest BCUT2D eigenvalue weighted by atomic mass is 9.74. The van der Waals surface area contributed by atoms with Crippen LogP contribution in [0.25, 0.3) is 0 Å². The third-order valence-corrected chi connectivity index (χ3v) is 4.64. The Morgan fingerprint density at radius 2 is 2.06 bits per heavy atom. The molecule has 102 valence electrons. The average molecular weight is 268 g/mol. The SMILES string of the molecule is COC1CC(NC(C)C)(c2nc(C(C)C)cs2)C1. The van der Waals surface area contributed by atoms with Gasteiger partial charge in [-0.2, -0.15) is 0 Å². The lowest BCUT2D eigenvalue weighted by molar-refractivity contribution is -0.0365. The van der Waals surface area contributed by atoms with Crippen molar-refractivity contribution in [1.29, 1.82) is 0 Å². The third kappa shape index (κ3) is 2.60. The number of aromatic nitrogens is 1. The second kappa shape index (κ2) is 5.27. The number of thiazole rings is 1. The first-order chi connectivity index (χ1) is 8.47. The molecule has 0 saturated heterocycles. The molecule has 1 fully saturated rings. The second-order valence-corrected chi connectivity index (χ2v) is 6.74. The normalized spacial score (nSPS) is 27.8. The van der Waals surface area contributed by atoms with Gasteiger partial charge in [0.05, 0.1) is 17.3 Å². The Kier molecular flexibility index (Phi) is 4.09. The van der Waals surface area contributed by atoms with Crippen LogP contribution in [0, 0.1) is 0 Å². The van der Waals surface area contributed by atoms with Crippen LogP contribution in [0.1, 0.15) is 57.2 Å². The van der Waals surface area contributed by atoms with Crippen LogP contribution in [0.15, 0.2) is 5.38 Å². The van der Waals surface area contributed by atoms with Crippen LogP contribution in [0.4, 0.5) is 0 Å². The fraction of sp³-hybridized carbons (Fsp3) is 0.786. The average Bonchev–Trinajstić information content (AvgIpc) is 2.71. The van der Waals surface area contributed by atoms with Crippen molar-refractivity contribution in [3.63, 3.8) is 0 Å². The van der Waals surface area contributed by atoms with E-state index in [2.05, 4.69) is 38.4 Å². The van der Waals surface area contributed by atoms with Gasteiger partial charge >= 0.3 is 0 Å². The predicted octanol–water partition coefficient (Wildman–Crippen LogP) is 3.27. The van der Waals surface area contributed by atoms with Gasteiger partial charge in [0, 0.05) is 18.5 Å². The summed E-state index contributed by atoms with van der Waals surface area (Å²) in [6.45, 7) is 8.78. The van der Waals surface area contributed by atoms with Crippen molar-refractivity contribution in [3.8, 4) is 0 Å². The topological polar surface area (TPSA) is 34.1 Å². The smallest absolute Gasteiger partial charge is 0.113 e. The Hall–Kier alpha value is -0.450. The zero-order valence-corrected chi connectivity index (χ0v) is 12.8. The molecule has 0 unspecified atom stereocenters. The number of nitrogens with one attached hydrogen (secondary N) is 1. The highest BCUT2D eigenvalue weighted by Gasteiger charge is 2.48. The highest BCUT2D eigenvalue weighted by molar-refractivity contribution is 7.09. The molecular formula is C14H24N2OS. The molecule has 0 aromatic carbocycles. The lowest BCUT2D eigenvalue weighted by Gasteiger charge is -2.47. The van der Waals surface area contributed by atoms with Crippen LogP contribution in [0.3, 0.4) is 0 Å². The molecule has 0 aliphatic heterocycles. The molecule has 0 atom stereocenters. The fourth-order valence-electron chi connectivity index (χ4n) is 2.56. The van der Waals surface area contributed by atoms with E-state index in [9.17, 15) is 0 Å². The van der Waals surface area contributed by atoms with E-state index >= 15 is 0 Å². The van der Waals surface area contributed by atoms with Crippen LogP contribution in [-0.2, 0) is 10.3 Å². The Bertz CT molecular complexity index is 394. The summed E-state index contributed by atoms with van der Waals surface area (Å²) in [5, 5.41) is 7.12. The van der Waals surface area contributed by atoms with Crippen molar-refractivity contribution in [2.75, 3.05) is 7.11 Å². The molecule has 1 saturated carbocycles. The molecule has 0 amide bonds. The maximum Gasteiger partial charge on any atom is 0.113 e. The number of rotatable bonds is 5. The van der Waals surface area contributed by atoms with Crippen molar-refractivity contribution >= 4 is 11.3 Å². The number of ether oxygens (including phenoxy) is 1. The van der Waals surface area contributed by atoms with E-state index < -0.39 is 0 Å². The molecule has 0 bridgehead atoms. The van der Waals surface area contributed by atoms with E-state index in [-0.39, 0.29) is 5.54 Å². The minimum Gasteiger partial charge on any atom is -0.381 e. The number of methoxy groups -OCH3 is 1. The summed E-state index contributed by atoms with van der Waals surface area (Å²) in [7, 11) is 1.80. The van der Waals surface area contributed by atoms with Gasteiger partial charge in [-0.05, 0) is 32.6 Å². The van der Waals surface area contributed by atoms with Crippen molar-refractivity contribution in [1.82, 2.24) is 10.3 Å². The summed E-state index contributed by atoms with van der Waals surface area (Å²) in [5.74, 6) is 0.504. The van der Waals surface area contributed by atoms with E-state index in [0.29, 0.717) is 18.1 Å². The zero-order valence-electron chi connectivity index (χ0n) is 12.0. The fourth-order valence-corrected chi connectivity index (χ4v) is 3.73. The maximum atomic E-state index is 5.44. The predicted molar refractivity (Wildman–Crippen MR) is 76.2 cm³/mol. The Morgan fingerprint density at radius 3 is 2.50 bits per heavy atom.